The third-order valence-corrected chi connectivity index (χ3v) is 3.45. The van der Waals surface area contributed by atoms with Crippen LogP contribution in [0.3, 0.4) is 0 Å². The van der Waals surface area contributed by atoms with Crippen molar-refractivity contribution in [3.63, 3.8) is 0 Å². The van der Waals surface area contributed by atoms with Crippen LogP contribution in [0.1, 0.15) is 18.1 Å². The van der Waals surface area contributed by atoms with Crippen LogP contribution in [0.5, 0.6) is 11.5 Å². The summed E-state index contributed by atoms with van der Waals surface area (Å²) in [6.07, 6.45) is 1.33. The summed E-state index contributed by atoms with van der Waals surface area (Å²) >= 11 is 0. The molecule has 1 aliphatic rings. The molecule has 0 bridgehead atoms. The highest BCUT2D eigenvalue weighted by Crippen LogP contribution is 2.35. The predicted octanol–water partition coefficient (Wildman–Crippen LogP) is 4.03. The van der Waals surface area contributed by atoms with Gasteiger partial charge in [0.25, 0.3) is 0 Å². The van der Waals surface area contributed by atoms with Crippen molar-refractivity contribution in [2.75, 3.05) is 6.61 Å². The van der Waals surface area contributed by atoms with Gasteiger partial charge in [-0.15, -0.1) is 0 Å². The summed E-state index contributed by atoms with van der Waals surface area (Å²) in [5.74, 6) is -0.526. The molecule has 0 unspecified atom stereocenters. The number of alkyl halides is 2. The molecule has 0 spiro atoms. The van der Waals surface area contributed by atoms with Crippen molar-refractivity contribution >= 4 is 17.9 Å². The fourth-order valence-electron chi connectivity index (χ4n) is 2.39. The molecular weight excluding hydrogens is 344 g/mol. The Kier molecular flexibility index (Phi) is 5.26. The van der Waals surface area contributed by atoms with Crippen LogP contribution in [0.2, 0.25) is 0 Å². The van der Waals surface area contributed by atoms with Crippen LogP contribution >= 0.6 is 0 Å². The fraction of sp³-hybridized carbons (Fsp3) is 0.158. The first-order chi connectivity index (χ1) is 12.6. The van der Waals surface area contributed by atoms with Gasteiger partial charge in [-0.25, -0.2) is 9.79 Å². The molecule has 0 saturated heterocycles. The Morgan fingerprint density at radius 1 is 1.15 bits per heavy atom. The summed E-state index contributed by atoms with van der Waals surface area (Å²) in [6, 6.07) is 13.5. The molecule has 2 aromatic rings. The quantitative estimate of drug-likeness (QED) is 0.577. The second-order valence-corrected chi connectivity index (χ2v) is 5.19. The number of para-hydroxylation sites is 1. The van der Waals surface area contributed by atoms with Gasteiger partial charge >= 0.3 is 12.6 Å². The van der Waals surface area contributed by atoms with E-state index in [0.29, 0.717) is 5.56 Å². The molecule has 26 heavy (non-hydrogen) atoms. The SMILES string of the molecule is CCOc1cccc(C=C2N=C(c3ccccc3)OC2=O)c1OC(F)F. The summed E-state index contributed by atoms with van der Waals surface area (Å²) in [5, 5.41) is 0. The Balaban J connectivity index is 2.00. The number of cyclic esters (lactones) is 1. The predicted molar refractivity (Wildman–Crippen MR) is 91.3 cm³/mol. The number of benzene rings is 2. The first-order valence-corrected chi connectivity index (χ1v) is 7.87. The largest absolute Gasteiger partial charge is 0.490 e. The number of nitrogens with zero attached hydrogens (tertiary/aromatic N) is 1. The molecular formula is C19H15F2NO4. The summed E-state index contributed by atoms with van der Waals surface area (Å²) in [4.78, 5) is 16.2. The molecule has 0 fully saturated rings. The van der Waals surface area contributed by atoms with Crippen LogP contribution in [0.4, 0.5) is 8.78 Å². The minimum atomic E-state index is -3.03. The van der Waals surface area contributed by atoms with Crippen LogP contribution in [0, 0.1) is 0 Å². The Labute approximate surface area is 148 Å². The Hall–Kier alpha value is -3.22. The van der Waals surface area contributed by atoms with Crippen molar-refractivity contribution < 1.29 is 27.8 Å². The maximum absolute atomic E-state index is 12.8. The molecule has 3 rings (SSSR count). The highest BCUT2D eigenvalue weighted by molar-refractivity contribution is 6.12. The lowest BCUT2D eigenvalue weighted by molar-refractivity contribution is -0.129. The average molecular weight is 359 g/mol. The van der Waals surface area contributed by atoms with E-state index in [-0.39, 0.29) is 35.3 Å². The standard InChI is InChI=1S/C19H15F2NO4/c1-2-24-15-10-6-9-13(16(15)25-19(20)21)11-14-18(23)26-17(22-14)12-7-4-3-5-8-12/h3-11,19H,2H2,1H3. The molecule has 1 heterocycles. The van der Waals surface area contributed by atoms with Crippen LogP contribution < -0.4 is 9.47 Å². The normalized spacial score (nSPS) is 15.2. The molecule has 0 saturated carbocycles. The van der Waals surface area contributed by atoms with Crippen molar-refractivity contribution in [1.82, 2.24) is 0 Å². The van der Waals surface area contributed by atoms with Gasteiger partial charge < -0.3 is 14.2 Å². The second kappa shape index (κ2) is 7.77. The van der Waals surface area contributed by atoms with E-state index in [9.17, 15) is 13.6 Å². The highest BCUT2D eigenvalue weighted by atomic mass is 19.3. The Bertz CT molecular complexity index is 863. The van der Waals surface area contributed by atoms with E-state index in [2.05, 4.69) is 9.73 Å². The Morgan fingerprint density at radius 2 is 1.92 bits per heavy atom. The van der Waals surface area contributed by atoms with E-state index in [4.69, 9.17) is 9.47 Å². The van der Waals surface area contributed by atoms with Crippen molar-refractivity contribution in [2.24, 2.45) is 4.99 Å². The first kappa shape index (κ1) is 17.6. The third kappa shape index (κ3) is 3.88. The van der Waals surface area contributed by atoms with Crippen molar-refractivity contribution in [1.29, 1.82) is 0 Å². The van der Waals surface area contributed by atoms with Gasteiger partial charge in [-0.3, -0.25) is 0 Å². The van der Waals surface area contributed by atoms with E-state index in [1.54, 1.807) is 37.3 Å². The van der Waals surface area contributed by atoms with Gasteiger partial charge in [0.05, 0.1) is 6.61 Å². The van der Waals surface area contributed by atoms with Gasteiger partial charge in [-0.2, -0.15) is 8.78 Å². The molecule has 0 radical (unpaired) electrons. The lowest BCUT2D eigenvalue weighted by Gasteiger charge is -2.13. The minimum Gasteiger partial charge on any atom is -0.490 e. The van der Waals surface area contributed by atoms with E-state index in [1.807, 2.05) is 6.07 Å². The van der Waals surface area contributed by atoms with Gasteiger partial charge in [0.1, 0.15) is 0 Å². The number of esters is 1. The van der Waals surface area contributed by atoms with Gasteiger partial charge in [-0.1, -0.05) is 30.3 Å². The lowest BCUT2D eigenvalue weighted by atomic mass is 10.1. The van der Waals surface area contributed by atoms with Crippen molar-refractivity contribution in [2.45, 2.75) is 13.5 Å². The molecule has 0 atom stereocenters. The van der Waals surface area contributed by atoms with Gasteiger partial charge in [0, 0.05) is 11.1 Å². The second-order valence-electron chi connectivity index (χ2n) is 5.19. The number of hydrogen-bond acceptors (Lipinski definition) is 5. The first-order valence-electron chi connectivity index (χ1n) is 7.87. The van der Waals surface area contributed by atoms with Crippen molar-refractivity contribution in [3.8, 4) is 11.5 Å². The number of ether oxygens (including phenoxy) is 3. The topological polar surface area (TPSA) is 57.1 Å². The number of carbonyl (C=O) groups excluding carboxylic acids is 1. The maximum atomic E-state index is 12.8. The minimum absolute atomic E-state index is 0.0170. The monoisotopic (exact) mass is 359 g/mol. The zero-order chi connectivity index (χ0) is 18.5. The summed E-state index contributed by atoms with van der Waals surface area (Å²) < 4.78 is 40.6. The molecule has 5 nitrogen and oxygen atoms in total. The maximum Gasteiger partial charge on any atom is 0.387 e. The molecule has 0 aromatic heterocycles. The number of carbonyl (C=O) groups is 1. The van der Waals surface area contributed by atoms with Gasteiger partial charge in [-0.05, 0) is 31.2 Å². The van der Waals surface area contributed by atoms with Crippen molar-refractivity contribution in [3.05, 3.63) is 65.4 Å². The van der Waals surface area contributed by atoms with Crippen LogP contribution in [0.15, 0.2) is 59.2 Å². The molecule has 0 amide bonds. The van der Waals surface area contributed by atoms with Gasteiger partial charge in [0.15, 0.2) is 17.2 Å². The Morgan fingerprint density at radius 3 is 2.62 bits per heavy atom. The number of hydrogen-bond donors (Lipinski definition) is 0. The van der Waals surface area contributed by atoms with E-state index in [0.717, 1.165) is 0 Å². The number of rotatable bonds is 6. The molecule has 2 aromatic carbocycles. The highest BCUT2D eigenvalue weighted by Gasteiger charge is 2.25. The molecule has 0 aliphatic carbocycles. The molecule has 7 heteroatoms. The van der Waals surface area contributed by atoms with E-state index in [1.165, 1.54) is 18.2 Å². The molecule has 0 N–H and O–H groups in total. The summed E-state index contributed by atoms with van der Waals surface area (Å²) in [5.41, 5.74) is 0.856. The zero-order valence-corrected chi connectivity index (χ0v) is 13.8. The summed E-state index contributed by atoms with van der Waals surface area (Å²) in [6.45, 7) is -1.03. The number of aliphatic imine (C=N–C) groups is 1. The summed E-state index contributed by atoms with van der Waals surface area (Å²) in [7, 11) is 0. The van der Waals surface area contributed by atoms with E-state index >= 15 is 0 Å². The van der Waals surface area contributed by atoms with Crippen LogP contribution in [0.25, 0.3) is 6.08 Å². The fourth-order valence-corrected chi connectivity index (χ4v) is 2.39. The van der Waals surface area contributed by atoms with Crippen LogP contribution in [-0.2, 0) is 9.53 Å². The molecule has 1 aliphatic heterocycles. The van der Waals surface area contributed by atoms with Crippen LogP contribution in [-0.4, -0.2) is 25.1 Å². The van der Waals surface area contributed by atoms with E-state index < -0.39 is 12.6 Å². The lowest BCUT2D eigenvalue weighted by Crippen LogP contribution is -2.07. The smallest absolute Gasteiger partial charge is 0.387 e. The third-order valence-electron chi connectivity index (χ3n) is 3.45. The zero-order valence-electron chi connectivity index (χ0n) is 13.8. The van der Waals surface area contributed by atoms with Gasteiger partial charge in [0.2, 0.25) is 5.90 Å². The molecule has 134 valence electrons. The average Bonchev–Trinajstić information content (AvgIpc) is 2.99. The number of halogens is 2.